The SMILES string of the molecule is COC(=O)[C@@H]1CCCN1C(=O)C(C)CC(=O)C(Cc1ccccc1)NC(=O)OCc1ccccc1. The molecule has 1 N–H and O–H groups in total. The zero-order chi connectivity index (χ0) is 25.2. The molecule has 1 saturated heterocycles. The Labute approximate surface area is 205 Å². The zero-order valence-electron chi connectivity index (χ0n) is 20.1. The maximum Gasteiger partial charge on any atom is 0.408 e. The molecule has 35 heavy (non-hydrogen) atoms. The summed E-state index contributed by atoms with van der Waals surface area (Å²) in [4.78, 5) is 52.3. The van der Waals surface area contributed by atoms with Crippen LogP contribution in [0.2, 0.25) is 0 Å². The van der Waals surface area contributed by atoms with E-state index in [2.05, 4.69) is 5.32 Å². The molecule has 2 aromatic carbocycles. The molecule has 2 amide bonds. The van der Waals surface area contributed by atoms with Gasteiger partial charge in [-0.2, -0.15) is 0 Å². The number of ketones is 1. The Hall–Kier alpha value is -3.68. The van der Waals surface area contributed by atoms with E-state index >= 15 is 0 Å². The van der Waals surface area contributed by atoms with Gasteiger partial charge in [-0.05, 0) is 30.4 Å². The molecule has 2 aromatic rings. The number of hydrogen-bond acceptors (Lipinski definition) is 6. The number of hydrogen-bond donors (Lipinski definition) is 1. The fourth-order valence-corrected chi connectivity index (χ4v) is 4.23. The average molecular weight is 481 g/mol. The number of esters is 1. The predicted octanol–water partition coefficient (Wildman–Crippen LogP) is 3.28. The maximum atomic E-state index is 13.2. The van der Waals surface area contributed by atoms with Crippen LogP contribution < -0.4 is 5.32 Å². The first-order valence-electron chi connectivity index (χ1n) is 11.8. The lowest BCUT2D eigenvalue weighted by atomic mass is 9.94. The molecule has 8 nitrogen and oxygen atoms in total. The van der Waals surface area contributed by atoms with E-state index in [4.69, 9.17) is 9.47 Å². The van der Waals surface area contributed by atoms with Gasteiger partial charge in [-0.15, -0.1) is 0 Å². The molecule has 0 aliphatic carbocycles. The number of amides is 2. The Kier molecular flexibility index (Phi) is 9.40. The first-order valence-corrected chi connectivity index (χ1v) is 11.8. The van der Waals surface area contributed by atoms with Crippen molar-refractivity contribution >= 4 is 23.8 Å². The van der Waals surface area contributed by atoms with E-state index in [1.54, 1.807) is 6.92 Å². The minimum Gasteiger partial charge on any atom is -0.467 e. The molecule has 0 bridgehead atoms. The number of nitrogens with zero attached hydrogens (tertiary/aromatic N) is 1. The van der Waals surface area contributed by atoms with Gasteiger partial charge < -0.3 is 19.7 Å². The van der Waals surface area contributed by atoms with Crippen molar-refractivity contribution in [3.05, 3.63) is 71.8 Å². The standard InChI is InChI=1S/C27H32N2O6/c1-19(25(31)29-15-9-14-23(29)26(32)34-2)16-24(30)22(17-20-10-5-3-6-11-20)28-27(33)35-18-21-12-7-4-8-13-21/h3-8,10-13,19,22-23H,9,14-18H2,1-2H3,(H,28,33)/t19?,22?,23-/m0/s1. The summed E-state index contributed by atoms with van der Waals surface area (Å²) in [5.41, 5.74) is 1.71. The van der Waals surface area contributed by atoms with Gasteiger partial charge in [0.1, 0.15) is 12.6 Å². The molecule has 0 spiro atoms. The monoisotopic (exact) mass is 480 g/mol. The lowest BCUT2D eigenvalue weighted by Crippen LogP contribution is -2.46. The molecule has 3 atom stereocenters. The summed E-state index contributed by atoms with van der Waals surface area (Å²) < 4.78 is 10.1. The topological polar surface area (TPSA) is 102 Å². The fourth-order valence-electron chi connectivity index (χ4n) is 4.23. The maximum absolute atomic E-state index is 13.2. The number of rotatable bonds is 10. The van der Waals surface area contributed by atoms with Crippen molar-refractivity contribution in [2.75, 3.05) is 13.7 Å². The van der Waals surface area contributed by atoms with Gasteiger partial charge in [0.2, 0.25) is 5.91 Å². The van der Waals surface area contributed by atoms with Crippen molar-refractivity contribution in [3.63, 3.8) is 0 Å². The van der Waals surface area contributed by atoms with Crippen molar-refractivity contribution in [3.8, 4) is 0 Å². The third kappa shape index (κ3) is 7.40. The molecule has 0 saturated carbocycles. The van der Waals surface area contributed by atoms with Crippen LogP contribution in [0.1, 0.15) is 37.3 Å². The Bertz CT molecular complexity index is 1010. The molecule has 1 fully saturated rings. The van der Waals surface area contributed by atoms with Crippen LogP contribution in [0.3, 0.4) is 0 Å². The Morgan fingerprint density at radius 1 is 1.00 bits per heavy atom. The molecule has 1 aliphatic rings. The van der Waals surface area contributed by atoms with Crippen LogP contribution in [0.15, 0.2) is 60.7 Å². The lowest BCUT2D eigenvalue weighted by molar-refractivity contribution is -0.152. The number of carbonyl (C=O) groups is 4. The normalized spacial score (nSPS) is 16.7. The van der Waals surface area contributed by atoms with Gasteiger partial charge in [0.25, 0.3) is 0 Å². The largest absolute Gasteiger partial charge is 0.467 e. The van der Waals surface area contributed by atoms with E-state index in [-0.39, 0.29) is 31.1 Å². The van der Waals surface area contributed by atoms with Crippen LogP contribution in [-0.4, -0.2) is 54.4 Å². The summed E-state index contributed by atoms with van der Waals surface area (Å²) >= 11 is 0. The second-order valence-corrected chi connectivity index (χ2v) is 8.73. The second kappa shape index (κ2) is 12.7. The molecule has 2 unspecified atom stereocenters. The molecule has 1 aliphatic heterocycles. The zero-order valence-corrected chi connectivity index (χ0v) is 20.1. The van der Waals surface area contributed by atoms with E-state index in [1.165, 1.54) is 12.0 Å². The van der Waals surface area contributed by atoms with E-state index in [0.29, 0.717) is 19.4 Å². The number of nitrogens with one attached hydrogen (secondary N) is 1. The molecule has 186 valence electrons. The van der Waals surface area contributed by atoms with E-state index < -0.39 is 30.1 Å². The van der Waals surface area contributed by atoms with Crippen LogP contribution in [0.4, 0.5) is 4.79 Å². The summed E-state index contributed by atoms with van der Waals surface area (Å²) in [7, 11) is 1.30. The highest BCUT2D eigenvalue weighted by atomic mass is 16.5. The number of Topliss-reactive ketones (excluding diaryl/α,β-unsaturated/α-hetero) is 1. The predicted molar refractivity (Wildman–Crippen MR) is 129 cm³/mol. The van der Waals surface area contributed by atoms with Crippen LogP contribution in [0, 0.1) is 5.92 Å². The van der Waals surface area contributed by atoms with Crippen molar-refractivity contribution in [1.82, 2.24) is 10.2 Å². The Morgan fingerprint density at radius 2 is 1.63 bits per heavy atom. The van der Waals surface area contributed by atoms with Gasteiger partial charge >= 0.3 is 12.1 Å². The Balaban J connectivity index is 1.64. The van der Waals surface area contributed by atoms with Gasteiger partial charge in [-0.25, -0.2) is 9.59 Å². The van der Waals surface area contributed by atoms with Crippen molar-refractivity contribution in [2.24, 2.45) is 5.92 Å². The van der Waals surface area contributed by atoms with Crippen molar-refractivity contribution < 1.29 is 28.7 Å². The van der Waals surface area contributed by atoms with Crippen LogP contribution in [-0.2, 0) is 36.9 Å². The highest BCUT2D eigenvalue weighted by molar-refractivity contribution is 5.93. The summed E-state index contributed by atoms with van der Waals surface area (Å²) in [6.07, 6.45) is 0.754. The summed E-state index contributed by atoms with van der Waals surface area (Å²) in [5, 5.41) is 2.68. The summed E-state index contributed by atoms with van der Waals surface area (Å²) in [6, 6.07) is 17.1. The van der Waals surface area contributed by atoms with Crippen molar-refractivity contribution in [1.29, 1.82) is 0 Å². The first kappa shape index (κ1) is 25.9. The molecule has 0 radical (unpaired) electrons. The second-order valence-electron chi connectivity index (χ2n) is 8.73. The number of methoxy groups -OCH3 is 1. The smallest absolute Gasteiger partial charge is 0.408 e. The molecular weight excluding hydrogens is 448 g/mol. The number of carbonyl (C=O) groups excluding carboxylic acids is 4. The molecule has 1 heterocycles. The van der Waals surface area contributed by atoms with Gasteiger partial charge in [-0.3, -0.25) is 9.59 Å². The highest BCUT2D eigenvalue weighted by Gasteiger charge is 2.37. The van der Waals surface area contributed by atoms with Gasteiger partial charge in [0.15, 0.2) is 5.78 Å². The minimum atomic E-state index is -0.856. The number of alkyl carbamates (subject to hydrolysis) is 1. The number of ether oxygens (including phenoxy) is 2. The van der Waals surface area contributed by atoms with Crippen LogP contribution >= 0.6 is 0 Å². The molecule has 0 aromatic heterocycles. The summed E-state index contributed by atoms with van der Waals surface area (Å²) in [6.45, 7) is 2.20. The van der Waals surface area contributed by atoms with Crippen molar-refractivity contribution in [2.45, 2.75) is 51.3 Å². The minimum absolute atomic E-state index is 0.0698. The third-order valence-electron chi connectivity index (χ3n) is 6.11. The van der Waals surface area contributed by atoms with E-state index in [1.807, 2.05) is 60.7 Å². The molecular formula is C27H32N2O6. The quantitative estimate of drug-likeness (QED) is 0.524. The van der Waals surface area contributed by atoms with E-state index in [9.17, 15) is 19.2 Å². The molecule has 3 rings (SSSR count). The van der Waals surface area contributed by atoms with Crippen LogP contribution in [0.5, 0.6) is 0 Å². The van der Waals surface area contributed by atoms with E-state index in [0.717, 1.165) is 11.1 Å². The third-order valence-corrected chi connectivity index (χ3v) is 6.11. The fraction of sp³-hybridized carbons (Fsp3) is 0.407. The number of likely N-dealkylation sites (tertiary alicyclic amines) is 1. The molecule has 8 heteroatoms. The van der Waals surface area contributed by atoms with Gasteiger partial charge in [0, 0.05) is 18.9 Å². The lowest BCUT2D eigenvalue weighted by Gasteiger charge is -2.26. The van der Waals surface area contributed by atoms with Gasteiger partial charge in [-0.1, -0.05) is 67.6 Å². The number of benzene rings is 2. The summed E-state index contributed by atoms with van der Waals surface area (Å²) in [5.74, 6) is -1.64. The highest BCUT2D eigenvalue weighted by Crippen LogP contribution is 2.22. The first-order chi connectivity index (χ1) is 16.9. The van der Waals surface area contributed by atoms with Crippen LogP contribution in [0.25, 0.3) is 0 Å². The Morgan fingerprint density at radius 3 is 2.26 bits per heavy atom. The van der Waals surface area contributed by atoms with Gasteiger partial charge in [0.05, 0.1) is 13.2 Å². The average Bonchev–Trinajstić information content (AvgIpc) is 3.37.